The summed E-state index contributed by atoms with van der Waals surface area (Å²) >= 11 is 0. The highest BCUT2D eigenvalue weighted by atomic mass is 19.4. The number of halogens is 3. The molecule has 1 rings (SSSR count). The molecule has 1 saturated carbocycles. The lowest BCUT2D eigenvalue weighted by Gasteiger charge is -2.31. The molecule has 13 heavy (non-hydrogen) atoms. The van der Waals surface area contributed by atoms with Gasteiger partial charge in [-0.1, -0.05) is 0 Å². The molecule has 0 aliphatic heterocycles. The summed E-state index contributed by atoms with van der Waals surface area (Å²) < 4.78 is 37.0. The molecule has 0 aromatic carbocycles. The van der Waals surface area contributed by atoms with Crippen LogP contribution in [0.25, 0.3) is 0 Å². The lowest BCUT2D eigenvalue weighted by molar-refractivity contribution is -0.191. The summed E-state index contributed by atoms with van der Waals surface area (Å²) in [6.07, 6.45) is -3.60. The van der Waals surface area contributed by atoms with Gasteiger partial charge in [0, 0.05) is 6.04 Å². The highest BCUT2D eigenvalue weighted by Gasteiger charge is 2.47. The van der Waals surface area contributed by atoms with Gasteiger partial charge in [-0.05, 0) is 19.3 Å². The number of alkyl halides is 3. The van der Waals surface area contributed by atoms with E-state index < -0.39 is 24.1 Å². The first kappa shape index (κ1) is 10.3. The molecule has 0 bridgehead atoms. The molecule has 0 aromatic heterocycles. The van der Waals surface area contributed by atoms with Crippen LogP contribution in [0.15, 0.2) is 0 Å². The Morgan fingerprint density at radius 1 is 1.31 bits per heavy atom. The molecule has 0 amide bonds. The fourth-order valence-corrected chi connectivity index (χ4v) is 1.72. The Hall–Kier alpha value is -0.760. The SMILES string of the molecule is N#CC1CCC(N)CC1C(F)(F)F. The lowest BCUT2D eigenvalue weighted by Crippen LogP contribution is -2.40. The van der Waals surface area contributed by atoms with Crippen LogP contribution in [0.5, 0.6) is 0 Å². The zero-order chi connectivity index (χ0) is 10.1. The Labute approximate surface area is 74.5 Å². The number of nitrogens with zero attached hydrogens (tertiary/aromatic N) is 1. The first-order chi connectivity index (χ1) is 5.95. The van der Waals surface area contributed by atoms with Crippen molar-refractivity contribution < 1.29 is 13.2 Å². The van der Waals surface area contributed by atoms with E-state index in [9.17, 15) is 13.2 Å². The molecule has 0 aromatic rings. The van der Waals surface area contributed by atoms with Crippen molar-refractivity contribution >= 4 is 0 Å². The number of rotatable bonds is 0. The standard InChI is InChI=1S/C8H11F3N2/c9-8(10,11)7-3-6(13)2-1-5(7)4-12/h5-7H,1-3,13H2. The molecule has 0 heterocycles. The van der Waals surface area contributed by atoms with E-state index in [-0.39, 0.29) is 12.8 Å². The largest absolute Gasteiger partial charge is 0.393 e. The third-order valence-corrected chi connectivity index (χ3v) is 2.48. The van der Waals surface area contributed by atoms with Crippen molar-refractivity contribution in [3.05, 3.63) is 0 Å². The van der Waals surface area contributed by atoms with Crippen LogP contribution in [0.3, 0.4) is 0 Å². The normalized spacial score (nSPS) is 35.5. The molecule has 1 aliphatic carbocycles. The van der Waals surface area contributed by atoms with Crippen LogP contribution in [0, 0.1) is 23.2 Å². The van der Waals surface area contributed by atoms with Gasteiger partial charge in [-0.2, -0.15) is 18.4 Å². The quantitative estimate of drug-likeness (QED) is 0.636. The Morgan fingerprint density at radius 3 is 2.38 bits per heavy atom. The molecule has 3 atom stereocenters. The Morgan fingerprint density at radius 2 is 1.92 bits per heavy atom. The minimum atomic E-state index is -4.28. The lowest BCUT2D eigenvalue weighted by atomic mass is 9.77. The highest BCUT2D eigenvalue weighted by Crippen LogP contribution is 2.40. The maximum absolute atomic E-state index is 12.3. The van der Waals surface area contributed by atoms with Gasteiger partial charge >= 0.3 is 6.18 Å². The average molecular weight is 192 g/mol. The highest BCUT2D eigenvalue weighted by molar-refractivity contribution is 4.96. The monoisotopic (exact) mass is 192 g/mol. The summed E-state index contributed by atoms with van der Waals surface area (Å²) in [6.45, 7) is 0. The molecular weight excluding hydrogens is 181 g/mol. The van der Waals surface area contributed by atoms with Gasteiger partial charge in [0.2, 0.25) is 0 Å². The summed E-state index contributed by atoms with van der Waals surface area (Å²) in [6, 6.07) is 1.30. The number of hydrogen-bond donors (Lipinski definition) is 1. The molecule has 74 valence electrons. The van der Waals surface area contributed by atoms with Crippen LogP contribution in [-0.4, -0.2) is 12.2 Å². The maximum Gasteiger partial charge on any atom is 0.393 e. The molecule has 0 spiro atoms. The third kappa shape index (κ3) is 2.34. The number of nitrogens with two attached hydrogens (primary N) is 1. The zero-order valence-electron chi connectivity index (χ0n) is 7.01. The smallest absolute Gasteiger partial charge is 0.328 e. The second-order valence-electron chi connectivity index (χ2n) is 3.46. The summed E-state index contributed by atoms with van der Waals surface area (Å²) in [5.41, 5.74) is 5.43. The first-order valence-corrected chi connectivity index (χ1v) is 4.17. The topological polar surface area (TPSA) is 49.8 Å². The van der Waals surface area contributed by atoms with Crippen molar-refractivity contribution in [1.82, 2.24) is 0 Å². The van der Waals surface area contributed by atoms with Gasteiger partial charge in [0.05, 0.1) is 17.9 Å². The second kappa shape index (κ2) is 3.54. The van der Waals surface area contributed by atoms with Crippen molar-refractivity contribution in [2.24, 2.45) is 17.6 Å². The van der Waals surface area contributed by atoms with E-state index in [4.69, 9.17) is 11.0 Å². The molecule has 3 unspecified atom stereocenters. The van der Waals surface area contributed by atoms with Gasteiger partial charge < -0.3 is 5.73 Å². The zero-order valence-corrected chi connectivity index (χ0v) is 7.01. The Bertz CT molecular complexity index is 218. The Balaban J connectivity index is 2.73. The number of hydrogen-bond acceptors (Lipinski definition) is 2. The van der Waals surface area contributed by atoms with Crippen molar-refractivity contribution in [1.29, 1.82) is 5.26 Å². The van der Waals surface area contributed by atoms with Gasteiger partial charge in [-0.15, -0.1) is 0 Å². The van der Waals surface area contributed by atoms with Crippen LogP contribution < -0.4 is 5.73 Å². The second-order valence-corrected chi connectivity index (χ2v) is 3.46. The van der Waals surface area contributed by atoms with Crippen molar-refractivity contribution in [3.63, 3.8) is 0 Å². The molecule has 0 saturated heterocycles. The van der Waals surface area contributed by atoms with Crippen molar-refractivity contribution in [2.75, 3.05) is 0 Å². The van der Waals surface area contributed by atoms with Gasteiger partial charge in [0.25, 0.3) is 0 Å². The van der Waals surface area contributed by atoms with Gasteiger partial charge in [-0.25, -0.2) is 0 Å². The van der Waals surface area contributed by atoms with E-state index in [1.807, 2.05) is 0 Å². The van der Waals surface area contributed by atoms with E-state index >= 15 is 0 Å². The van der Waals surface area contributed by atoms with E-state index in [2.05, 4.69) is 0 Å². The predicted octanol–water partition coefficient (Wildman–Crippen LogP) is 1.82. The summed E-state index contributed by atoms with van der Waals surface area (Å²) in [7, 11) is 0. The predicted molar refractivity (Wildman–Crippen MR) is 40.5 cm³/mol. The fraction of sp³-hybridized carbons (Fsp3) is 0.875. The van der Waals surface area contributed by atoms with Gasteiger partial charge in [0.1, 0.15) is 0 Å². The minimum Gasteiger partial charge on any atom is -0.328 e. The molecule has 1 fully saturated rings. The van der Waals surface area contributed by atoms with Gasteiger partial charge in [-0.3, -0.25) is 0 Å². The van der Waals surface area contributed by atoms with Crippen molar-refractivity contribution in [2.45, 2.75) is 31.5 Å². The van der Waals surface area contributed by atoms with E-state index in [0.29, 0.717) is 6.42 Å². The summed E-state index contributed by atoms with van der Waals surface area (Å²) in [5.74, 6) is -2.43. The van der Waals surface area contributed by atoms with Crippen LogP contribution in [0.1, 0.15) is 19.3 Å². The van der Waals surface area contributed by atoms with E-state index in [1.165, 1.54) is 0 Å². The average Bonchev–Trinajstić information content (AvgIpc) is 2.03. The fourth-order valence-electron chi connectivity index (χ4n) is 1.72. The summed E-state index contributed by atoms with van der Waals surface area (Å²) in [4.78, 5) is 0. The molecular formula is C8H11F3N2. The van der Waals surface area contributed by atoms with Crippen molar-refractivity contribution in [3.8, 4) is 6.07 Å². The van der Waals surface area contributed by atoms with Gasteiger partial charge in [0.15, 0.2) is 0 Å². The molecule has 0 radical (unpaired) electrons. The van der Waals surface area contributed by atoms with E-state index in [1.54, 1.807) is 6.07 Å². The number of nitriles is 1. The van der Waals surface area contributed by atoms with Crippen LogP contribution >= 0.6 is 0 Å². The van der Waals surface area contributed by atoms with Crippen LogP contribution in [-0.2, 0) is 0 Å². The van der Waals surface area contributed by atoms with E-state index in [0.717, 1.165) is 0 Å². The third-order valence-electron chi connectivity index (χ3n) is 2.48. The maximum atomic E-state index is 12.3. The molecule has 5 heteroatoms. The Kier molecular flexibility index (Phi) is 2.81. The minimum absolute atomic E-state index is 0.109. The molecule has 1 aliphatic rings. The molecule has 2 N–H and O–H groups in total. The molecule has 2 nitrogen and oxygen atoms in total. The van der Waals surface area contributed by atoms with Crippen LogP contribution in [0.4, 0.5) is 13.2 Å². The summed E-state index contributed by atoms with van der Waals surface area (Å²) in [5, 5.41) is 8.52. The van der Waals surface area contributed by atoms with Crippen LogP contribution in [0.2, 0.25) is 0 Å². The first-order valence-electron chi connectivity index (χ1n) is 4.17.